The molecule has 1 aromatic carbocycles. The number of benzene rings is 1. The molecule has 1 unspecified atom stereocenters. The van der Waals surface area contributed by atoms with Gasteiger partial charge >= 0.3 is 5.97 Å². The van der Waals surface area contributed by atoms with Crippen LogP contribution in [0, 0.1) is 5.82 Å². The molecule has 1 fully saturated rings. The molecule has 1 saturated heterocycles. The Morgan fingerprint density at radius 3 is 3.00 bits per heavy atom. The predicted molar refractivity (Wildman–Crippen MR) is 62.4 cm³/mol. The van der Waals surface area contributed by atoms with Gasteiger partial charge in [0.2, 0.25) is 0 Å². The average Bonchev–Trinajstić information content (AvgIpc) is 2.37. The number of hydrogen-bond acceptors (Lipinski definition) is 4. The number of ether oxygens (including phenoxy) is 2. The molecule has 2 N–H and O–H groups in total. The molecule has 1 aromatic rings. The largest absolute Gasteiger partial charge is 0.478 e. The Labute approximate surface area is 104 Å². The number of carbonyl (C=O) groups is 1. The van der Waals surface area contributed by atoms with E-state index in [-0.39, 0.29) is 17.4 Å². The molecule has 0 aliphatic carbocycles. The van der Waals surface area contributed by atoms with Crippen LogP contribution >= 0.6 is 0 Å². The minimum atomic E-state index is -1.29. The molecule has 98 valence electrons. The van der Waals surface area contributed by atoms with E-state index in [2.05, 4.69) is 5.32 Å². The number of rotatable bonds is 4. The van der Waals surface area contributed by atoms with Crippen molar-refractivity contribution in [2.75, 3.05) is 31.7 Å². The smallest absolute Gasteiger partial charge is 0.340 e. The zero-order chi connectivity index (χ0) is 13.0. The number of carboxylic acids is 1. The van der Waals surface area contributed by atoms with Crippen LogP contribution in [-0.2, 0) is 9.47 Å². The maximum atomic E-state index is 13.4. The first-order valence-corrected chi connectivity index (χ1v) is 5.63. The second-order valence-corrected chi connectivity index (χ2v) is 3.92. The maximum Gasteiger partial charge on any atom is 0.340 e. The Balaban J connectivity index is 2.04. The molecule has 0 radical (unpaired) electrons. The highest BCUT2D eigenvalue weighted by Crippen LogP contribution is 2.19. The Bertz CT molecular complexity index is 432. The number of halogens is 1. The summed E-state index contributed by atoms with van der Waals surface area (Å²) in [6.45, 7) is 1.91. The first kappa shape index (κ1) is 12.8. The molecule has 0 amide bonds. The summed E-state index contributed by atoms with van der Waals surface area (Å²) < 4.78 is 24.0. The van der Waals surface area contributed by atoms with Crippen LogP contribution in [0.25, 0.3) is 0 Å². The first-order chi connectivity index (χ1) is 8.68. The van der Waals surface area contributed by atoms with Crippen molar-refractivity contribution in [3.05, 3.63) is 29.6 Å². The van der Waals surface area contributed by atoms with Crippen molar-refractivity contribution in [2.45, 2.75) is 6.10 Å². The van der Waals surface area contributed by atoms with E-state index in [0.717, 1.165) is 6.07 Å². The lowest BCUT2D eigenvalue weighted by molar-refractivity contribution is -0.0818. The van der Waals surface area contributed by atoms with E-state index in [1.165, 1.54) is 12.1 Å². The van der Waals surface area contributed by atoms with Gasteiger partial charge in [-0.05, 0) is 12.1 Å². The zero-order valence-electron chi connectivity index (χ0n) is 9.69. The molecule has 0 bridgehead atoms. The van der Waals surface area contributed by atoms with E-state index in [9.17, 15) is 9.18 Å². The first-order valence-electron chi connectivity index (χ1n) is 5.63. The summed E-state index contributed by atoms with van der Waals surface area (Å²) in [7, 11) is 0. The minimum Gasteiger partial charge on any atom is -0.478 e. The van der Waals surface area contributed by atoms with Crippen molar-refractivity contribution in [1.29, 1.82) is 0 Å². The van der Waals surface area contributed by atoms with Crippen LogP contribution in [0.15, 0.2) is 18.2 Å². The Hall–Kier alpha value is -1.66. The number of hydrogen-bond donors (Lipinski definition) is 2. The van der Waals surface area contributed by atoms with E-state index in [1.54, 1.807) is 0 Å². The highest BCUT2D eigenvalue weighted by Gasteiger charge is 2.18. The van der Waals surface area contributed by atoms with Crippen molar-refractivity contribution in [3.8, 4) is 0 Å². The quantitative estimate of drug-likeness (QED) is 0.850. The van der Waals surface area contributed by atoms with Crippen molar-refractivity contribution >= 4 is 11.7 Å². The third kappa shape index (κ3) is 2.96. The van der Waals surface area contributed by atoms with Crippen LogP contribution < -0.4 is 5.32 Å². The van der Waals surface area contributed by atoms with E-state index >= 15 is 0 Å². The lowest BCUT2D eigenvalue weighted by Gasteiger charge is -2.23. The fourth-order valence-electron chi connectivity index (χ4n) is 1.77. The van der Waals surface area contributed by atoms with Gasteiger partial charge in [-0.15, -0.1) is 0 Å². The summed E-state index contributed by atoms with van der Waals surface area (Å²) in [5.74, 6) is -2.05. The van der Waals surface area contributed by atoms with Gasteiger partial charge in [0.1, 0.15) is 11.4 Å². The third-order valence-corrected chi connectivity index (χ3v) is 2.63. The number of aromatic carboxylic acids is 1. The monoisotopic (exact) mass is 255 g/mol. The van der Waals surface area contributed by atoms with Crippen LogP contribution in [0.4, 0.5) is 10.1 Å². The Morgan fingerprint density at radius 1 is 1.50 bits per heavy atom. The zero-order valence-corrected chi connectivity index (χ0v) is 9.69. The molecular formula is C12H14FNO4. The third-order valence-electron chi connectivity index (χ3n) is 2.63. The second-order valence-electron chi connectivity index (χ2n) is 3.92. The number of carboxylic acid groups (broad SMARTS) is 1. The van der Waals surface area contributed by atoms with Crippen LogP contribution in [0.3, 0.4) is 0 Å². The average molecular weight is 255 g/mol. The van der Waals surface area contributed by atoms with E-state index < -0.39 is 11.8 Å². The van der Waals surface area contributed by atoms with Crippen LogP contribution in [-0.4, -0.2) is 43.5 Å². The standard InChI is InChI=1S/C12H14FNO4/c13-9-2-1-3-10(11(9)12(15)16)14-6-8-7-17-4-5-18-8/h1-3,8,14H,4-7H2,(H,15,16). The lowest BCUT2D eigenvalue weighted by atomic mass is 10.1. The number of nitrogens with one attached hydrogen (secondary N) is 1. The van der Waals surface area contributed by atoms with Gasteiger partial charge in [-0.1, -0.05) is 6.07 Å². The van der Waals surface area contributed by atoms with E-state index in [4.69, 9.17) is 14.6 Å². The van der Waals surface area contributed by atoms with Gasteiger partial charge in [-0.25, -0.2) is 9.18 Å². The van der Waals surface area contributed by atoms with Gasteiger partial charge in [0, 0.05) is 6.54 Å². The van der Waals surface area contributed by atoms with Crippen LogP contribution in [0.1, 0.15) is 10.4 Å². The summed E-state index contributed by atoms with van der Waals surface area (Å²) in [5.41, 5.74) is -0.106. The van der Waals surface area contributed by atoms with E-state index in [0.29, 0.717) is 26.4 Å². The minimum absolute atomic E-state index is 0.149. The molecule has 1 aliphatic heterocycles. The van der Waals surface area contributed by atoms with Crippen LogP contribution in [0.2, 0.25) is 0 Å². The fraction of sp³-hybridized carbons (Fsp3) is 0.417. The van der Waals surface area contributed by atoms with Crippen molar-refractivity contribution in [2.24, 2.45) is 0 Å². The summed E-state index contributed by atoms with van der Waals surface area (Å²) in [6.07, 6.45) is -0.149. The summed E-state index contributed by atoms with van der Waals surface area (Å²) >= 11 is 0. The molecular weight excluding hydrogens is 241 g/mol. The Kier molecular flexibility index (Phi) is 4.11. The van der Waals surface area contributed by atoms with Crippen molar-refractivity contribution in [1.82, 2.24) is 0 Å². The maximum absolute atomic E-state index is 13.4. The molecule has 6 heteroatoms. The Morgan fingerprint density at radius 2 is 2.33 bits per heavy atom. The van der Waals surface area contributed by atoms with Crippen LogP contribution in [0.5, 0.6) is 0 Å². The van der Waals surface area contributed by atoms with Gasteiger partial charge < -0.3 is 19.9 Å². The fourth-order valence-corrected chi connectivity index (χ4v) is 1.77. The summed E-state index contributed by atoms with van der Waals surface area (Å²) in [5, 5.41) is 11.8. The molecule has 18 heavy (non-hydrogen) atoms. The molecule has 0 saturated carbocycles. The van der Waals surface area contributed by atoms with E-state index in [1.807, 2.05) is 0 Å². The second kappa shape index (κ2) is 5.79. The molecule has 2 rings (SSSR count). The molecule has 1 atom stereocenters. The highest BCUT2D eigenvalue weighted by molar-refractivity contribution is 5.94. The molecule has 0 spiro atoms. The van der Waals surface area contributed by atoms with Gasteiger partial charge in [-0.2, -0.15) is 0 Å². The topological polar surface area (TPSA) is 67.8 Å². The summed E-state index contributed by atoms with van der Waals surface area (Å²) in [6, 6.07) is 4.10. The number of anilines is 1. The molecule has 0 aromatic heterocycles. The predicted octanol–water partition coefficient (Wildman–Crippen LogP) is 1.35. The lowest BCUT2D eigenvalue weighted by Crippen LogP contribution is -2.34. The van der Waals surface area contributed by atoms with Gasteiger partial charge in [-0.3, -0.25) is 0 Å². The molecule has 1 aliphatic rings. The van der Waals surface area contributed by atoms with Gasteiger partial charge in [0.15, 0.2) is 0 Å². The SMILES string of the molecule is O=C(O)c1c(F)cccc1NCC1COCCO1. The summed E-state index contributed by atoms with van der Waals surface area (Å²) in [4.78, 5) is 11.0. The highest BCUT2D eigenvalue weighted by atomic mass is 19.1. The van der Waals surface area contributed by atoms with Gasteiger partial charge in [0.25, 0.3) is 0 Å². The van der Waals surface area contributed by atoms with Gasteiger partial charge in [0.05, 0.1) is 31.6 Å². The molecule has 1 heterocycles. The van der Waals surface area contributed by atoms with Crippen molar-refractivity contribution in [3.63, 3.8) is 0 Å². The molecule has 5 nitrogen and oxygen atoms in total. The van der Waals surface area contributed by atoms with Crippen molar-refractivity contribution < 1.29 is 23.8 Å². The normalized spacial score (nSPS) is 19.5.